The molecule has 0 aliphatic rings. The third kappa shape index (κ3) is 2.39. The van der Waals surface area contributed by atoms with Crippen molar-refractivity contribution in [2.24, 2.45) is 0 Å². The molecule has 2 aromatic heterocycles. The van der Waals surface area contributed by atoms with Crippen LogP contribution in [0.1, 0.15) is 23.7 Å². The predicted molar refractivity (Wildman–Crippen MR) is 78.4 cm³/mol. The van der Waals surface area contributed by atoms with Gasteiger partial charge in [-0.3, -0.25) is 4.98 Å². The summed E-state index contributed by atoms with van der Waals surface area (Å²) in [6.45, 7) is 2.21. The molecule has 0 aliphatic carbocycles. The lowest BCUT2D eigenvalue weighted by atomic mass is 10.00. The van der Waals surface area contributed by atoms with Crippen LogP contribution in [0.2, 0.25) is 0 Å². The molecule has 0 N–H and O–H groups in total. The maximum absolute atomic E-state index is 4.53. The summed E-state index contributed by atoms with van der Waals surface area (Å²) in [5.41, 5.74) is 5.29. The van der Waals surface area contributed by atoms with Crippen molar-refractivity contribution in [3.05, 3.63) is 71.8 Å². The van der Waals surface area contributed by atoms with Crippen molar-refractivity contribution >= 4 is 5.52 Å². The van der Waals surface area contributed by atoms with Gasteiger partial charge < -0.3 is 4.40 Å². The number of hydrogen-bond acceptors (Lipinski definition) is 1. The zero-order chi connectivity index (χ0) is 13.1. The smallest absolute Gasteiger partial charge is 0.0666 e. The molecule has 0 atom stereocenters. The molecule has 19 heavy (non-hydrogen) atoms. The first-order valence-corrected chi connectivity index (χ1v) is 6.86. The van der Waals surface area contributed by atoms with Crippen molar-refractivity contribution < 1.29 is 0 Å². The molecule has 0 fully saturated rings. The molecule has 3 rings (SSSR count). The van der Waals surface area contributed by atoms with Gasteiger partial charge in [-0.25, -0.2) is 0 Å². The van der Waals surface area contributed by atoms with Gasteiger partial charge in [0.05, 0.1) is 11.2 Å². The lowest BCUT2D eigenvalue weighted by molar-refractivity contribution is 0.891. The van der Waals surface area contributed by atoms with Crippen LogP contribution in [0.25, 0.3) is 5.52 Å². The Labute approximate surface area is 113 Å². The largest absolute Gasteiger partial charge is 0.321 e. The first-order valence-electron chi connectivity index (χ1n) is 6.86. The highest BCUT2D eigenvalue weighted by atomic mass is 14.9. The number of fused-ring (bicyclic) bond motifs is 1. The summed E-state index contributed by atoms with van der Waals surface area (Å²) in [4.78, 5) is 4.53. The molecule has 3 aromatic rings. The summed E-state index contributed by atoms with van der Waals surface area (Å²) in [7, 11) is 0. The van der Waals surface area contributed by atoms with Crippen molar-refractivity contribution in [2.45, 2.75) is 26.2 Å². The summed E-state index contributed by atoms with van der Waals surface area (Å²) in [6, 6.07) is 12.9. The Balaban J connectivity index is 1.84. The Morgan fingerprint density at radius 1 is 0.947 bits per heavy atom. The summed E-state index contributed by atoms with van der Waals surface area (Å²) in [5.74, 6) is 0. The predicted octanol–water partition coefficient (Wildman–Crippen LogP) is 3.68. The van der Waals surface area contributed by atoms with Crippen molar-refractivity contribution in [3.8, 4) is 0 Å². The van der Waals surface area contributed by atoms with Crippen LogP contribution in [0.15, 0.2) is 55.0 Å². The van der Waals surface area contributed by atoms with Crippen LogP contribution in [0, 0.1) is 0 Å². The second kappa shape index (κ2) is 5.27. The molecule has 0 amide bonds. The molecule has 0 bridgehead atoms. The Bertz CT molecular complexity index is 682. The van der Waals surface area contributed by atoms with Gasteiger partial charge in [-0.1, -0.05) is 31.2 Å². The molecule has 0 spiro atoms. The Morgan fingerprint density at radius 3 is 2.63 bits per heavy atom. The van der Waals surface area contributed by atoms with E-state index in [0.717, 1.165) is 19.3 Å². The summed E-state index contributed by atoms with van der Waals surface area (Å²) >= 11 is 0. The molecule has 2 heteroatoms. The lowest BCUT2D eigenvalue weighted by Crippen LogP contribution is -2.00. The molecule has 0 saturated carbocycles. The van der Waals surface area contributed by atoms with Gasteiger partial charge in [0.25, 0.3) is 0 Å². The SMILES string of the molecule is CCc1ccccc1CCc1nccn2cccc12. The number of aryl methyl sites for hydroxylation is 3. The van der Waals surface area contributed by atoms with E-state index in [-0.39, 0.29) is 0 Å². The van der Waals surface area contributed by atoms with Gasteiger partial charge in [-0.15, -0.1) is 0 Å². The van der Waals surface area contributed by atoms with Crippen LogP contribution >= 0.6 is 0 Å². The van der Waals surface area contributed by atoms with E-state index in [1.54, 1.807) is 0 Å². The van der Waals surface area contributed by atoms with E-state index in [1.807, 2.05) is 12.4 Å². The fourth-order valence-electron chi connectivity index (χ4n) is 2.62. The minimum Gasteiger partial charge on any atom is -0.321 e. The maximum atomic E-state index is 4.53. The quantitative estimate of drug-likeness (QED) is 0.690. The number of nitrogens with zero attached hydrogens (tertiary/aromatic N) is 2. The highest BCUT2D eigenvalue weighted by molar-refractivity contribution is 5.52. The van der Waals surface area contributed by atoms with E-state index < -0.39 is 0 Å². The molecule has 0 saturated heterocycles. The third-order valence-corrected chi connectivity index (χ3v) is 3.66. The minimum absolute atomic E-state index is 0.991. The van der Waals surface area contributed by atoms with Crippen LogP contribution in [-0.2, 0) is 19.3 Å². The van der Waals surface area contributed by atoms with Gasteiger partial charge in [0.15, 0.2) is 0 Å². The average Bonchev–Trinajstić information content (AvgIpc) is 2.94. The Hall–Kier alpha value is -2.09. The van der Waals surface area contributed by atoms with E-state index in [9.17, 15) is 0 Å². The standard InChI is InChI=1S/C17H18N2/c1-2-14-6-3-4-7-15(14)9-10-16-17-8-5-12-19(17)13-11-18-16/h3-8,11-13H,2,9-10H2,1H3. The van der Waals surface area contributed by atoms with Crippen molar-refractivity contribution in [1.29, 1.82) is 0 Å². The number of hydrogen-bond donors (Lipinski definition) is 0. The van der Waals surface area contributed by atoms with E-state index in [4.69, 9.17) is 0 Å². The highest BCUT2D eigenvalue weighted by Gasteiger charge is 2.05. The monoisotopic (exact) mass is 250 g/mol. The van der Waals surface area contributed by atoms with E-state index in [1.165, 1.54) is 22.3 Å². The fraction of sp³-hybridized carbons (Fsp3) is 0.235. The van der Waals surface area contributed by atoms with Crippen molar-refractivity contribution in [1.82, 2.24) is 9.38 Å². The fourth-order valence-corrected chi connectivity index (χ4v) is 2.62. The van der Waals surface area contributed by atoms with Crippen LogP contribution in [0.5, 0.6) is 0 Å². The first-order chi connectivity index (χ1) is 9.38. The lowest BCUT2D eigenvalue weighted by Gasteiger charge is -2.08. The van der Waals surface area contributed by atoms with Crippen LogP contribution in [0.3, 0.4) is 0 Å². The summed E-state index contributed by atoms with van der Waals surface area (Å²) < 4.78 is 2.13. The zero-order valence-electron chi connectivity index (χ0n) is 11.2. The summed E-state index contributed by atoms with van der Waals surface area (Å²) in [5, 5.41) is 0. The molecule has 96 valence electrons. The number of rotatable bonds is 4. The molecule has 0 unspecified atom stereocenters. The van der Waals surface area contributed by atoms with Crippen LogP contribution in [0.4, 0.5) is 0 Å². The zero-order valence-corrected chi connectivity index (χ0v) is 11.2. The highest BCUT2D eigenvalue weighted by Crippen LogP contribution is 2.15. The molecule has 2 heterocycles. The van der Waals surface area contributed by atoms with Gasteiger partial charge in [0.1, 0.15) is 0 Å². The van der Waals surface area contributed by atoms with Crippen molar-refractivity contribution in [3.63, 3.8) is 0 Å². The Morgan fingerprint density at radius 2 is 1.79 bits per heavy atom. The third-order valence-electron chi connectivity index (χ3n) is 3.66. The Kier molecular flexibility index (Phi) is 3.32. The van der Waals surface area contributed by atoms with Crippen molar-refractivity contribution in [2.75, 3.05) is 0 Å². The van der Waals surface area contributed by atoms with Gasteiger partial charge in [-0.2, -0.15) is 0 Å². The second-order valence-corrected chi connectivity index (χ2v) is 4.80. The molecule has 1 aromatic carbocycles. The molecular weight excluding hydrogens is 232 g/mol. The van der Waals surface area contributed by atoms with E-state index in [0.29, 0.717) is 0 Å². The average molecular weight is 250 g/mol. The van der Waals surface area contributed by atoms with Gasteiger partial charge >= 0.3 is 0 Å². The van der Waals surface area contributed by atoms with E-state index >= 15 is 0 Å². The normalized spacial score (nSPS) is 11.0. The second-order valence-electron chi connectivity index (χ2n) is 4.80. The molecule has 0 radical (unpaired) electrons. The topological polar surface area (TPSA) is 17.3 Å². The summed E-state index contributed by atoms with van der Waals surface area (Å²) in [6.07, 6.45) is 9.10. The molecule has 0 aliphatic heterocycles. The van der Waals surface area contributed by atoms with Gasteiger partial charge in [-0.05, 0) is 42.5 Å². The van der Waals surface area contributed by atoms with Crippen LogP contribution < -0.4 is 0 Å². The maximum Gasteiger partial charge on any atom is 0.0666 e. The molecular formula is C17H18N2. The number of aromatic nitrogens is 2. The van der Waals surface area contributed by atoms with Gasteiger partial charge in [0, 0.05) is 18.6 Å². The number of benzene rings is 1. The minimum atomic E-state index is 0.991. The first kappa shape index (κ1) is 12.0. The van der Waals surface area contributed by atoms with Crippen LogP contribution in [-0.4, -0.2) is 9.38 Å². The molecule has 2 nitrogen and oxygen atoms in total. The van der Waals surface area contributed by atoms with Gasteiger partial charge in [0.2, 0.25) is 0 Å². The van der Waals surface area contributed by atoms with E-state index in [2.05, 4.69) is 58.9 Å².